The van der Waals surface area contributed by atoms with Gasteiger partial charge in [0.15, 0.2) is 0 Å². The van der Waals surface area contributed by atoms with Crippen LogP contribution in [0.15, 0.2) is 30.3 Å². The average Bonchev–Trinajstić information content (AvgIpc) is 2.29. The summed E-state index contributed by atoms with van der Waals surface area (Å²) < 4.78 is 5.42. The lowest BCUT2D eigenvalue weighted by Crippen LogP contribution is -2.32. The van der Waals surface area contributed by atoms with Gasteiger partial charge in [0.25, 0.3) is 0 Å². The molecule has 1 unspecified atom stereocenters. The Kier molecular flexibility index (Phi) is 5.25. The summed E-state index contributed by atoms with van der Waals surface area (Å²) in [5.74, 6) is 0.792. The maximum Gasteiger partial charge on any atom is 0.207 e. The second kappa shape index (κ2) is 6.84. The van der Waals surface area contributed by atoms with Crippen LogP contribution in [0.2, 0.25) is 0 Å². The molecule has 0 aliphatic rings. The van der Waals surface area contributed by atoms with Gasteiger partial charge in [0.1, 0.15) is 5.75 Å². The van der Waals surface area contributed by atoms with Gasteiger partial charge in [0.05, 0.1) is 19.3 Å². The first kappa shape index (κ1) is 11.5. The van der Waals surface area contributed by atoms with E-state index < -0.39 is 0 Å². The third-order valence-corrected chi connectivity index (χ3v) is 2.00. The van der Waals surface area contributed by atoms with Gasteiger partial charge in [0, 0.05) is 6.42 Å². The Bertz CT molecular complexity index is 276. The van der Waals surface area contributed by atoms with Crippen LogP contribution in [0.4, 0.5) is 0 Å². The molecule has 0 spiro atoms. The Morgan fingerprint density at radius 2 is 2.13 bits per heavy atom. The predicted octanol–water partition coefficient (Wildman–Crippen LogP) is 0.562. The van der Waals surface area contributed by atoms with Crippen molar-refractivity contribution in [2.45, 2.75) is 12.5 Å². The zero-order valence-electron chi connectivity index (χ0n) is 8.43. The van der Waals surface area contributed by atoms with Crippen molar-refractivity contribution in [3.05, 3.63) is 30.3 Å². The number of amides is 1. The maximum atomic E-state index is 10.1. The van der Waals surface area contributed by atoms with Crippen molar-refractivity contribution >= 4 is 6.41 Å². The number of carbonyl (C=O) groups is 1. The summed E-state index contributed by atoms with van der Waals surface area (Å²) in [5, 5.41) is 11.4. The summed E-state index contributed by atoms with van der Waals surface area (Å²) in [5.41, 5.74) is 0. The molecule has 0 aliphatic heterocycles. The second-order valence-electron chi connectivity index (χ2n) is 3.11. The van der Waals surface area contributed by atoms with Crippen LogP contribution in [0.1, 0.15) is 6.42 Å². The number of rotatable bonds is 7. The molecule has 0 aromatic heterocycles. The predicted molar refractivity (Wildman–Crippen MR) is 56.6 cm³/mol. The molecule has 0 saturated heterocycles. The number of hydrogen-bond donors (Lipinski definition) is 2. The fourth-order valence-corrected chi connectivity index (χ4v) is 1.16. The zero-order chi connectivity index (χ0) is 10.9. The molecule has 0 aliphatic carbocycles. The van der Waals surface area contributed by atoms with Crippen molar-refractivity contribution in [3.8, 4) is 5.75 Å². The number of aliphatic hydroxyl groups is 1. The van der Waals surface area contributed by atoms with Crippen molar-refractivity contribution in [1.29, 1.82) is 0 Å². The first-order chi connectivity index (χ1) is 7.36. The molecule has 4 nitrogen and oxygen atoms in total. The van der Waals surface area contributed by atoms with E-state index >= 15 is 0 Å². The van der Waals surface area contributed by atoms with Gasteiger partial charge in [-0.25, -0.2) is 0 Å². The minimum absolute atomic E-state index is 0.0725. The summed E-state index contributed by atoms with van der Waals surface area (Å²) in [6.45, 7) is 0.396. The molecule has 1 rings (SSSR count). The number of carbonyl (C=O) groups excluding carboxylic acids is 1. The molecule has 4 heteroatoms. The van der Waals surface area contributed by atoms with Crippen LogP contribution < -0.4 is 10.1 Å². The van der Waals surface area contributed by atoms with E-state index in [1.807, 2.05) is 30.3 Å². The molecule has 1 amide bonds. The Hall–Kier alpha value is -1.55. The molecular weight excluding hydrogens is 194 g/mol. The minimum atomic E-state index is -0.230. The number of benzene rings is 1. The molecular formula is C11H15NO3. The minimum Gasteiger partial charge on any atom is -0.494 e. The van der Waals surface area contributed by atoms with Crippen LogP contribution in [-0.4, -0.2) is 30.8 Å². The molecule has 82 valence electrons. The molecule has 1 aromatic rings. The smallest absolute Gasteiger partial charge is 0.207 e. The van der Waals surface area contributed by atoms with Crippen LogP contribution >= 0.6 is 0 Å². The number of hydrogen-bond acceptors (Lipinski definition) is 3. The van der Waals surface area contributed by atoms with Crippen molar-refractivity contribution in [2.75, 3.05) is 13.2 Å². The molecule has 0 heterocycles. The third kappa shape index (κ3) is 4.46. The van der Waals surface area contributed by atoms with Gasteiger partial charge >= 0.3 is 0 Å². The van der Waals surface area contributed by atoms with E-state index in [0.717, 1.165) is 5.75 Å². The summed E-state index contributed by atoms with van der Waals surface area (Å²) in [6, 6.07) is 9.19. The Balaban J connectivity index is 2.23. The van der Waals surface area contributed by atoms with Crippen LogP contribution in [0.5, 0.6) is 5.75 Å². The van der Waals surface area contributed by atoms with Gasteiger partial charge in [-0.05, 0) is 12.1 Å². The zero-order valence-corrected chi connectivity index (χ0v) is 8.43. The maximum absolute atomic E-state index is 10.1. The number of para-hydroxylation sites is 1. The topological polar surface area (TPSA) is 58.6 Å². The summed E-state index contributed by atoms with van der Waals surface area (Å²) in [4.78, 5) is 10.1. The van der Waals surface area contributed by atoms with E-state index in [2.05, 4.69) is 5.32 Å². The van der Waals surface area contributed by atoms with Crippen molar-refractivity contribution in [1.82, 2.24) is 5.32 Å². The van der Waals surface area contributed by atoms with E-state index in [-0.39, 0.29) is 12.6 Å². The van der Waals surface area contributed by atoms with Crippen LogP contribution in [0.3, 0.4) is 0 Å². The van der Waals surface area contributed by atoms with Crippen LogP contribution in [0.25, 0.3) is 0 Å². The normalized spacial score (nSPS) is 11.8. The van der Waals surface area contributed by atoms with Crippen molar-refractivity contribution < 1.29 is 14.6 Å². The number of ether oxygens (including phenoxy) is 1. The monoisotopic (exact) mass is 209 g/mol. The van der Waals surface area contributed by atoms with E-state index in [4.69, 9.17) is 9.84 Å². The van der Waals surface area contributed by atoms with Gasteiger partial charge in [-0.3, -0.25) is 4.79 Å². The van der Waals surface area contributed by atoms with Gasteiger partial charge in [-0.15, -0.1) is 0 Å². The highest BCUT2D eigenvalue weighted by Crippen LogP contribution is 2.08. The lowest BCUT2D eigenvalue weighted by molar-refractivity contribution is -0.110. The van der Waals surface area contributed by atoms with Crippen LogP contribution in [-0.2, 0) is 4.79 Å². The Labute approximate surface area is 88.9 Å². The standard InChI is InChI=1S/C11H15NO3/c13-8-10(12-9-14)6-7-15-11-4-2-1-3-5-11/h1-5,9-10,13H,6-8H2,(H,12,14). The molecule has 0 bridgehead atoms. The molecule has 1 aromatic carbocycles. The first-order valence-corrected chi connectivity index (χ1v) is 4.85. The first-order valence-electron chi connectivity index (χ1n) is 4.85. The fourth-order valence-electron chi connectivity index (χ4n) is 1.16. The van der Waals surface area contributed by atoms with Gasteiger partial charge in [-0.2, -0.15) is 0 Å². The molecule has 15 heavy (non-hydrogen) atoms. The molecule has 0 radical (unpaired) electrons. The molecule has 0 fully saturated rings. The molecule has 1 atom stereocenters. The summed E-state index contributed by atoms with van der Waals surface area (Å²) in [7, 11) is 0. The van der Waals surface area contributed by atoms with Gasteiger partial charge < -0.3 is 15.2 Å². The highest BCUT2D eigenvalue weighted by molar-refractivity contribution is 5.46. The fraction of sp³-hybridized carbons (Fsp3) is 0.364. The van der Waals surface area contributed by atoms with Crippen LogP contribution in [0, 0.1) is 0 Å². The van der Waals surface area contributed by atoms with E-state index in [0.29, 0.717) is 19.4 Å². The Morgan fingerprint density at radius 3 is 2.73 bits per heavy atom. The highest BCUT2D eigenvalue weighted by atomic mass is 16.5. The lowest BCUT2D eigenvalue weighted by Gasteiger charge is -2.13. The third-order valence-electron chi connectivity index (χ3n) is 2.00. The summed E-state index contributed by atoms with van der Waals surface area (Å²) >= 11 is 0. The van der Waals surface area contributed by atoms with E-state index in [1.165, 1.54) is 0 Å². The SMILES string of the molecule is O=CNC(CO)CCOc1ccccc1. The second-order valence-corrected chi connectivity index (χ2v) is 3.11. The molecule has 2 N–H and O–H groups in total. The number of aliphatic hydroxyl groups excluding tert-OH is 1. The molecule has 0 saturated carbocycles. The Morgan fingerprint density at radius 1 is 1.40 bits per heavy atom. The van der Waals surface area contributed by atoms with Crippen molar-refractivity contribution in [2.24, 2.45) is 0 Å². The largest absolute Gasteiger partial charge is 0.494 e. The van der Waals surface area contributed by atoms with E-state index in [9.17, 15) is 4.79 Å². The van der Waals surface area contributed by atoms with Gasteiger partial charge in [0.2, 0.25) is 6.41 Å². The number of nitrogens with one attached hydrogen (secondary N) is 1. The quantitative estimate of drug-likeness (QED) is 0.645. The van der Waals surface area contributed by atoms with E-state index in [1.54, 1.807) is 0 Å². The van der Waals surface area contributed by atoms with Crippen molar-refractivity contribution in [3.63, 3.8) is 0 Å². The summed E-state index contributed by atoms with van der Waals surface area (Å²) in [6.07, 6.45) is 1.17. The average molecular weight is 209 g/mol. The lowest BCUT2D eigenvalue weighted by atomic mass is 10.2. The highest BCUT2D eigenvalue weighted by Gasteiger charge is 2.05. The van der Waals surface area contributed by atoms with Gasteiger partial charge in [-0.1, -0.05) is 18.2 Å².